The highest BCUT2D eigenvalue weighted by atomic mass is 79.9. The molecule has 2 aromatic rings. The van der Waals surface area contributed by atoms with Gasteiger partial charge in [0.25, 0.3) is 11.8 Å². The van der Waals surface area contributed by atoms with Gasteiger partial charge >= 0.3 is 0 Å². The van der Waals surface area contributed by atoms with Crippen LogP contribution in [0.3, 0.4) is 0 Å². The van der Waals surface area contributed by atoms with Crippen LogP contribution in [0, 0.1) is 5.92 Å². The molecule has 2 aromatic carbocycles. The highest BCUT2D eigenvalue weighted by Crippen LogP contribution is 2.24. The van der Waals surface area contributed by atoms with Crippen molar-refractivity contribution in [3.63, 3.8) is 0 Å². The van der Waals surface area contributed by atoms with Crippen LogP contribution in [0.5, 0.6) is 5.75 Å². The number of ether oxygens (including phenoxy) is 1. The maximum absolute atomic E-state index is 12.9. The molecule has 0 fully saturated rings. The van der Waals surface area contributed by atoms with Gasteiger partial charge in [0.1, 0.15) is 5.75 Å². The number of hydrogen-bond donors (Lipinski definition) is 3. The molecule has 166 valence electrons. The zero-order valence-electron chi connectivity index (χ0n) is 18.0. The lowest BCUT2D eigenvalue weighted by Gasteiger charge is -2.15. The molecule has 2 rings (SSSR count). The number of halogens is 1. The second kappa shape index (κ2) is 12.4. The second-order valence-electron chi connectivity index (χ2n) is 7.38. The maximum atomic E-state index is 12.9. The van der Waals surface area contributed by atoms with Crippen molar-refractivity contribution in [3.05, 3.63) is 58.1 Å². The summed E-state index contributed by atoms with van der Waals surface area (Å²) >= 11 is 8.71. The van der Waals surface area contributed by atoms with E-state index in [9.17, 15) is 9.59 Å². The number of thiocarbonyl (C=S) groups is 1. The van der Waals surface area contributed by atoms with E-state index in [4.69, 9.17) is 17.0 Å². The summed E-state index contributed by atoms with van der Waals surface area (Å²) in [6.45, 7) is 7.31. The van der Waals surface area contributed by atoms with Gasteiger partial charge in [-0.05, 0) is 61.3 Å². The summed E-state index contributed by atoms with van der Waals surface area (Å²) in [5, 5.41) is 8.55. The molecule has 0 unspecified atom stereocenters. The number of carbonyl (C=O) groups excluding carboxylic acids is 2. The normalized spacial score (nSPS) is 10.5. The number of benzene rings is 2. The minimum absolute atomic E-state index is 0.0915. The van der Waals surface area contributed by atoms with Crippen LogP contribution in [0.1, 0.15) is 54.3 Å². The Bertz CT molecular complexity index is 934. The molecule has 0 bridgehead atoms. The van der Waals surface area contributed by atoms with Gasteiger partial charge < -0.3 is 15.4 Å². The molecule has 6 nitrogen and oxygen atoms in total. The fourth-order valence-electron chi connectivity index (χ4n) is 2.66. The largest absolute Gasteiger partial charge is 0.493 e. The van der Waals surface area contributed by atoms with Gasteiger partial charge in [-0.1, -0.05) is 48.8 Å². The minimum atomic E-state index is -0.397. The van der Waals surface area contributed by atoms with E-state index in [2.05, 4.69) is 45.7 Å². The first-order valence-corrected chi connectivity index (χ1v) is 11.4. The molecule has 0 saturated carbocycles. The number of hydrogen-bond acceptors (Lipinski definition) is 4. The third kappa shape index (κ3) is 7.95. The van der Waals surface area contributed by atoms with E-state index in [0.29, 0.717) is 41.6 Å². The fraction of sp³-hybridized carbons (Fsp3) is 0.348. The molecular weight excluding hydrogens is 478 g/mol. The summed E-state index contributed by atoms with van der Waals surface area (Å²) in [6.07, 6.45) is 1.72. The van der Waals surface area contributed by atoms with Gasteiger partial charge in [0.2, 0.25) is 0 Å². The van der Waals surface area contributed by atoms with E-state index in [1.165, 1.54) is 0 Å². The van der Waals surface area contributed by atoms with Crippen LogP contribution in [0.4, 0.5) is 5.69 Å². The molecule has 3 N–H and O–H groups in total. The van der Waals surface area contributed by atoms with Crippen LogP contribution >= 0.6 is 28.1 Å². The molecule has 0 aliphatic heterocycles. The van der Waals surface area contributed by atoms with Gasteiger partial charge in [-0.2, -0.15) is 0 Å². The van der Waals surface area contributed by atoms with E-state index in [-0.39, 0.29) is 11.0 Å². The number of nitrogens with one attached hydrogen (secondary N) is 3. The molecule has 8 heteroatoms. The first-order chi connectivity index (χ1) is 14.8. The van der Waals surface area contributed by atoms with Gasteiger partial charge in [-0.3, -0.25) is 14.9 Å². The van der Waals surface area contributed by atoms with Gasteiger partial charge in [0, 0.05) is 11.0 Å². The highest BCUT2D eigenvalue weighted by molar-refractivity contribution is 9.10. The molecule has 0 heterocycles. The molecule has 0 radical (unpaired) electrons. The minimum Gasteiger partial charge on any atom is -0.493 e. The quantitative estimate of drug-likeness (QED) is 0.411. The van der Waals surface area contributed by atoms with Crippen molar-refractivity contribution < 1.29 is 14.3 Å². The van der Waals surface area contributed by atoms with Gasteiger partial charge in [0.05, 0.1) is 23.4 Å². The van der Waals surface area contributed by atoms with Crippen molar-refractivity contribution in [3.8, 4) is 5.75 Å². The van der Waals surface area contributed by atoms with Crippen molar-refractivity contribution in [1.82, 2.24) is 10.6 Å². The van der Waals surface area contributed by atoms with Crippen molar-refractivity contribution >= 4 is 50.8 Å². The average Bonchev–Trinajstić information content (AvgIpc) is 2.73. The van der Waals surface area contributed by atoms with Crippen LogP contribution in [0.25, 0.3) is 0 Å². The topological polar surface area (TPSA) is 79.5 Å². The lowest BCUT2D eigenvalue weighted by atomic mass is 10.1. The number of carbonyl (C=O) groups is 2. The lowest BCUT2D eigenvalue weighted by molar-refractivity contribution is 0.0952. The van der Waals surface area contributed by atoms with E-state index in [0.717, 1.165) is 17.3 Å². The summed E-state index contributed by atoms with van der Waals surface area (Å²) in [6, 6.07) is 12.3. The average molecular weight is 506 g/mol. The molecule has 0 aromatic heterocycles. The first kappa shape index (κ1) is 24.8. The van der Waals surface area contributed by atoms with Gasteiger partial charge in [-0.25, -0.2) is 0 Å². The fourth-order valence-corrected chi connectivity index (χ4v) is 3.22. The Morgan fingerprint density at radius 2 is 1.84 bits per heavy atom. The van der Waals surface area contributed by atoms with Crippen molar-refractivity contribution in [1.29, 1.82) is 0 Å². The lowest BCUT2D eigenvalue weighted by Crippen LogP contribution is -2.35. The van der Waals surface area contributed by atoms with Crippen LogP contribution in [-0.2, 0) is 0 Å². The number of anilines is 1. The Morgan fingerprint density at radius 3 is 2.55 bits per heavy atom. The summed E-state index contributed by atoms with van der Waals surface area (Å²) < 4.78 is 6.57. The van der Waals surface area contributed by atoms with Crippen molar-refractivity contribution in [2.45, 2.75) is 33.6 Å². The third-order valence-corrected chi connectivity index (χ3v) is 5.02. The van der Waals surface area contributed by atoms with Crippen molar-refractivity contribution in [2.75, 3.05) is 18.5 Å². The van der Waals surface area contributed by atoms with Crippen LogP contribution < -0.4 is 20.7 Å². The van der Waals surface area contributed by atoms with Crippen LogP contribution in [-0.4, -0.2) is 30.1 Å². The Hall–Kier alpha value is -2.45. The van der Waals surface area contributed by atoms with E-state index >= 15 is 0 Å². The van der Waals surface area contributed by atoms with Gasteiger partial charge in [-0.15, -0.1) is 0 Å². The molecule has 0 atom stereocenters. The number of para-hydroxylation sites is 1. The maximum Gasteiger partial charge on any atom is 0.261 e. The Kier molecular flexibility index (Phi) is 9.94. The third-order valence-electron chi connectivity index (χ3n) is 4.32. The van der Waals surface area contributed by atoms with Crippen molar-refractivity contribution in [2.24, 2.45) is 5.92 Å². The second-order valence-corrected chi connectivity index (χ2v) is 8.71. The molecule has 0 spiro atoms. The zero-order valence-corrected chi connectivity index (χ0v) is 20.4. The predicted octanol–water partition coefficient (Wildman–Crippen LogP) is 5.14. The molecule has 2 amide bonds. The van der Waals surface area contributed by atoms with E-state index < -0.39 is 5.91 Å². The Balaban J connectivity index is 2.09. The summed E-state index contributed by atoms with van der Waals surface area (Å²) in [5.41, 5.74) is 1.34. The molecular formula is C23H28BrN3O3S. The molecule has 0 aliphatic carbocycles. The van der Waals surface area contributed by atoms with E-state index in [1.807, 2.05) is 13.0 Å². The summed E-state index contributed by atoms with van der Waals surface area (Å²) in [4.78, 5) is 25.2. The first-order valence-electron chi connectivity index (χ1n) is 10.2. The van der Waals surface area contributed by atoms with Gasteiger partial charge in [0.15, 0.2) is 5.11 Å². The number of amides is 2. The van der Waals surface area contributed by atoms with Crippen LogP contribution in [0.15, 0.2) is 46.9 Å². The van der Waals surface area contributed by atoms with Crippen LogP contribution in [0.2, 0.25) is 0 Å². The SMILES string of the molecule is CCCNC(=O)c1ccccc1NC(=S)NC(=O)c1cc(Br)ccc1OCCC(C)C. The zero-order chi connectivity index (χ0) is 22.8. The van der Waals surface area contributed by atoms with E-state index in [1.54, 1.807) is 36.4 Å². The Morgan fingerprint density at radius 1 is 1.10 bits per heavy atom. The number of rotatable bonds is 9. The standard InChI is InChI=1S/C23H28BrN3O3S/c1-4-12-25-21(28)17-7-5-6-8-19(17)26-23(31)27-22(29)18-14-16(24)9-10-20(18)30-13-11-15(2)3/h5-10,14-15H,4,11-13H2,1-3H3,(H,25,28)(H2,26,27,29,31). The summed E-state index contributed by atoms with van der Waals surface area (Å²) in [7, 11) is 0. The Labute approximate surface area is 197 Å². The summed E-state index contributed by atoms with van der Waals surface area (Å²) in [5.74, 6) is 0.390. The molecule has 0 aliphatic rings. The smallest absolute Gasteiger partial charge is 0.261 e. The predicted molar refractivity (Wildman–Crippen MR) is 132 cm³/mol. The monoisotopic (exact) mass is 505 g/mol. The molecule has 31 heavy (non-hydrogen) atoms. The highest BCUT2D eigenvalue weighted by Gasteiger charge is 2.17. The molecule has 0 saturated heterocycles.